The summed E-state index contributed by atoms with van der Waals surface area (Å²) in [5.74, 6) is 0.611. The van der Waals surface area contributed by atoms with E-state index in [1.54, 1.807) is 12.4 Å². The maximum atomic E-state index is 9.98. The number of aromatic nitrogens is 8. The van der Waals surface area contributed by atoms with E-state index in [2.05, 4.69) is 55.4 Å². The number of β-amino-alcohol motifs (C(OH)–C–C–N with tert-alkyl or cyclic N) is 1. The smallest absolute Gasteiger partial charge is 0.176 e. The van der Waals surface area contributed by atoms with Gasteiger partial charge in [-0.1, -0.05) is 24.3 Å². The molecular weight excluding hydrogens is 490 g/mol. The molecule has 1 aliphatic rings. The van der Waals surface area contributed by atoms with E-state index in [1.165, 1.54) is 10.4 Å². The summed E-state index contributed by atoms with van der Waals surface area (Å²) < 4.78 is 1.88. The summed E-state index contributed by atoms with van der Waals surface area (Å²) in [6.07, 6.45) is 5.29. The van der Waals surface area contributed by atoms with Crippen LogP contribution in [0.3, 0.4) is 0 Å². The summed E-state index contributed by atoms with van der Waals surface area (Å²) in [6.45, 7) is 8.05. The summed E-state index contributed by atoms with van der Waals surface area (Å²) in [5, 5.41) is 24.4. The van der Waals surface area contributed by atoms with E-state index in [0.717, 1.165) is 51.4 Å². The van der Waals surface area contributed by atoms with Crippen LogP contribution in [0.1, 0.15) is 23.9 Å². The highest BCUT2D eigenvalue weighted by Crippen LogP contribution is 2.30. The Morgan fingerprint density at radius 2 is 1.74 bits per heavy atom. The van der Waals surface area contributed by atoms with Gasteiger partial charge in [-0.2, -0.15) is 15.3 Å². The van der Waals surface area contributed by atoms with Crippen molar-refractivity contribution in [1.82, 2.24) is 44.5 Å². The second kappa shape index (κ2) is 8.75. The molecule has 39 heavy (non-hydrogen) atoms. The number of aryl methyl sites for hydroxylation is 2. The lowest BCUT2D eigenvalue weighted by atomic mass is 9.96. The van der Waals surface area contributed by atoms with Gasteiger partial charge in [-0.15, -0.1) is 4.80 Å². The fourth-order valence-corrected chi connectivity index (χ4v) is 5.36. The fraction of sp³-hybridized carbons (Fsp3) is 0.241. The lowest BCUT2D eigenvalue weighted by Crippen LogP contribution is -2.59. The van der Waals surface area contributed by atoms with E-state index in [-0.39, 0.29) is 0 Å². The molecule has 0 aliphatic carbocycles. The first-order valence-electron chi connectivity index (χ1n) is 12.9. The third-order valence-electron chi connectivity index (χ3n) is 7.15. The van der Waals surface area contributed by atoms with Crippen molar-refractivity contribution < 1.29 is 5.11 Å². The Balaban J connectivity index is 1.21. The zero-order chi connectivity index (χ0) is 26.7. The van der Waals surface area contributed by atoms with Gasteiger partial charge in [0.05, 0.1) is 35.1 Å². The number of hydrogen-bond acceptors (Lipinski definition) is 8. The van der Waals surface area contributed by atoms with Gasteiger partial charge in [0.1, 0.15) is 0 Å². The number of likely N-dealkylation sites (tertiary alicyclic amines) is 1. The predicted octanol–water partition coefficient (Wildman–Crippen LogP) is 3.77. The van der Waals surface area contributed by atoms with E-state index in [4.69, 9.17) is 10.1 Å². The highest BCUT2D eigenvalue weighted by molar-refractivity contribution is 5.92. The van der Waals surface area contributed by atoms with Crippen LogP contribution in [0, 0.1) is 13.8 Å². The van der Waals surface area contributed by atoms with Gasteiger partial charge in [-0.25, -0.2) is 19.5 Å². The Labute approximate surface area is 224 Å². The van der Waals surface area contributed by atoms with Crippen LogP contribution in [-0.4, -0.2) is 68.3 Å². The summed E-state index contributed by atoms with van der Waals surface area (Å²) in [7, 11) is 0. The monoisotopic (exact) mass is 517 g/mol. The van der Waals surface area contributed by atoms with Gasteiger partial charge in [0.15, 0.2) is 17.1 Å². The molecule has 1 aliphatic heterocycles. The van der Waals surface area contributed by atoms with Gasteiger partial charge >= 0.3 is 0 Å². The minimum Gasteiger partial charge on any atom is -0.388 e. The third kappa shape index (κ3) is 4.23. The number of rotatable bonds is 5. The van der Waals surface area contributed by atoms with Crippen LogP contribution >= 0.6 is 0 Å². The molecule has 10 heteroatoms. The molecule has 0 bridgehead atoms. The maximum Gasteiger partial charge on any atom is 0.176 e. The Kier molecular flexibility index (Phi) is 5.29. The second-order valence-corrected chi connectivity index (χ2v) is 10.6. The van der Waals surface area contributed by atoms with Gasteiger partial charge in [-0.3, -0.25) is 4.90 Å². The van der Waals surface area contributed by atoms with Crippen molar-refractivity contribution >= 4 is 16.7 Å². The zero-order valence-electron chi connectivity index (χ0n) is 21.9. The molecule has 0 atom stereocenters. The molecule has 194 valence electrons. The van der Waals surface area contributed by atoms with Crippen LogP contribution in [0.5, 0.6) is 0 Å². The van der Waals surface area contributed by atoms with Crippen LogP contribution in [0.25, 0.3) is 44.9 Å². The maximum absolute atomic E-state index is 9.98. The van der Waals surface area contributed by atoms with Crippen LogP contribution in [0.4, 0.5) is 0 Å². The SMILES string of the molecule is Cc1cnn(-c2ccc3c(-c4cnc5cc(-c6ccc(CN7CC(C)(O)C7)cc6)c(C)nn45)ccnc3n2)n1. The van der Waals surface area contributed by atoms with E-state index in [0.29, 0.717) is 24.6 Å². The van der Waals surface area contributed by atoms with Crippen molar-refractivity contribution in [1.29, 1.82) is 0 Å². The Morgan fingerprint density at radius 1 is 0.923 bits per heavy atom. The highest BCUT2D eigenvalue weighted by atomic mass is 16.3. The lowest BCUT2D eigenvalue weighted by Gasteiger charge is -2.44. The van der Waals surface area contributed by atoms with Gasteiger partial charge in [0.25, 0.3) is 0 Å². The molecule has 1 N–H and O–H groups in total. The van der Waals surface area contributed by atoms with E-state index in [9.17, 15) is 5.11 Å². The summed E-state index contributed by atoms with van der Waals surface area (Å²) in [5.41, 5.74) is 7.74. The average Bonchev–Trinajstić information content (AvgIpc) is 3.53. The molecule has 0 unspecified atom stereocenters. The largest absolute Gasteiger partial charge is 0.388 e. The first kappa shape index (κ1) is 23.6. The molecule has 6 heterocycles. The fourth-order valence-electron chi connectivity index (χ4n) is 5.36. The standard InChI is InChI=1S/C29H27N9O/c1-18-13-32-38(34-18)26-9-8-23-22(10-11-30-28(23)33-26)25-14-31-27-12-24(19(2)35-37(25)27)21-6-4-20(5-7-21)15-36-16-29(3,39)17-36/h4-14,39H,15-17H2,1-3H3. The first-order valence-corrected chi connectivity index (χ1v) is 12.9. The molecule has 6 aromatic rings. The number of hydrogen-bond donors (Lipinski definition) is 1. The third-order valence-corrected chi connectivity index (χ3v) is 7.15. The zero-order valence-corrected chi connectivity index (χ0v) is 21.9. The molecule has 0 spiro atoms. The van der Waals surface area contributed by atoms with Crippen molar-refractivity contribution in [2.24, 2.45) is 0 Å². The molecule has 7 rings (SSSR count). The van der Waals surface area contributed by atoms with Crippen LogP contribution in [-0.2, 0) is 6.54 Å². The molecule has 1 saturated heterocycles. The van der Waals surface area contributed by atoms with Crippen LogP contribution in [0.2, 0.25) is 0 Å². The summed E-state index contributed by atoms with van der Waals surface area (Å²) in [6, 6.07) is 16.5. The van der Waals surface area contributed by atoms with Crippen molar-refractivity contribution in [2.45, 2.75) is 32.9 Å². The normalized spacial score (nSPS) is 15.2. The van der Waals surface area contributed by atoms with Gasteiger partial charge in [0.2, 0.25) is 0 Å². The minimum absolute atomic E-state index is 0.555. The highest BCUT2D eigenvalue weighted by Gasteiger charge is 2.36. The number of pyridine rings is 2. The second-order valence-electron chi connectivity index (χ2n) is 10.6. The predicted molar refractivity (Wildman–Crippen MR) is 147 cm³/mol. The van der Waals surface area contributed by atoms with Crippen molar-refractivity contribution in [3.8, 4) is 28.2 Å². The average molecular weight is 518 g/mol. The molecular formula is C29H27N9O. The van der Waals surface area contributed by atoms with Crippen molar-refractivity contribution in [3.63, 3.8) is 0 Å². The van der Waals surface area contributed by atoms with Gasteiger partial charge in [0, 0.05) is 42.3 Å². The quantitative estimate of drug-likeness (QED) is 0.368. The van der Waals surface area contributed by atoms with Gasteiger partial charge in [-0.05, 0) is 56.2 Å². The van der Waals surface area contributed by atoms with E-state index < -0.39 is 5.60 Å². The molecule has 0 radical (unpaired) electrons. The molecule has 10 nitrogen and oxygen atoms in total. The van der Waals surface area contributed by atoms with Crippen molar-refractivity contribution in [3.05, 3.63) is 84.1 Å². The Bertz CT molecular complexity index is 1840. The molecule has 0 amide bonds. The van der Waals surface area contributed by atoms with Gasteiger partial charge < -0.3 is 5.11 Å². The number of benzene rings is 1. The molecule has 5 aromatic heterocycles. The van der Waals surface area contributed by atoms with E-state index in [1.807, 2.05) is 49.7 Å². The summed E-state index contributed by atoms with van der Waals surface area (Å²) >= 11 is 0. The topological polar surface area (TPSA) is 110 Å². The Morgan fingerprint density at radius 3 is 2.49 bits per heavy atom. The summed E-state index contributed by atoms with van der Waals surface area (Å²) in [4.78, 5) is 17.6. The number of imidazole rings is 1. The molecule has 1 aromatic carbocycles. The molecule has 0 saturated carbocycles. The number of nitrogens with zero attached hydrogens (tertiary/aromatic N) is 9. The van der Waals surface area contributed by atoms with Crippen molar-refractivity contribution in [2.75, 3.05) is 13.1 Å². The lowest BCUT2D eigenvalue weighted by molar-refractivity contribution is -0.0871. The number of aliphatic hydroxyl groups is 1. The first-order chi connectivity index (χ1) is 18.8. The van der Waals surface area contributed by atoms with Crippen LogP contribution in [0.15, 0.2) is 67.1 Å². The molecule has 1 fully saturated rings. The Hall–Kier alpha value is -4.54. The minimum atomic E-state index is -0.555. The number of fused-ring (bicyclic) bond motifs is 2. The van der Waals surface area contributed by atoms with Crippen LogP contribution < -0.4 is 0 Å². The van der Waals surface area contributed by atoms with E-state index >= 15 is 0 Å².